The van der Waals surface area contributed by atoms with Crippen LogP contribution >= 0.6 is 0 Å². The number of hydrogen-bond acceptors (Lipinski definition) is 5. The Bertz CT molecular complexity index is 782. The van der Waals surface area contributed by atoms with E-state index in [9.17, 15) is 4.39 Å². The summed E-state index contributed by atoms with van der Waals surface area (Å²) < 4.78 is 15.9. The Hall–Kier alpha value is -2.70. The number of benzene rings is 1. The number of rotatable bonds is 4. The summed E-state index contributed by atoms with van der Waals surface area (Å²) in [4.78, 5) is 4.22. The first-order chi connectivity index (χ1) is 10.2. The van der Waals surface area contributed by atoms with Crippen molar-refractivity contribution in [1.29, 1.82) is 0 Å². The van der Waals surface area contributed by atoms with Gasteiger partial charge in [-0.3, -0.25) is 4.98 Å². The number of halogens is 1. The molecule has 0 saturated carbocycles. The average molecular weight is 286 g/mol. The molecule has 3 aromatic rings. The van der Waals surface area contributed by atoms with E-state index in [0.29, 0.717) is 29.9 Å². The van der Waals surface area contributed by atoms with Gasteiger partial charge in [0.25, 0.3) is 0 Å². The number of fused-ring (bicyclic) bond motifs is 1. The summed E-state index contributed by atoms with van der Waals surface area (Å²) in [5, 5.41) is 11.6. The topological polar surface area (TPSA) is 81.7 Å². The van der Waals surface area contributed by atoms with Gasteiger partial charge in [-0.2, -0.15) is 0 Å². The number of hydrogen-bond donors (Lipinski definition) is 2. The van der Waals surface area contributed by atoms with Gasteiger partial charge in [0.1, 0.15) is 12.2 Å². The fourth-order valence-corrected chi connectivity index (χ4v) is 2.24. The molecule has 0 spiro atoms. The minimum atomic E-state index is -0.406. The summed E-state index contributed by atoms with van der Waals surface area (Å²) in [7, 11) is 1.87. The molecule has 0 atom stereocenters. The second-order valence-electron chi connectivity index (χ2n) is 4.76. The molecule has 0 fully saturated rings. The molecule has 2 aromatic heterocycles. The summed E-state index contributed by atoms with van der Waals surface area (Å²) in [5.41, 5.74) is 7.10. The van der Waals surface area contributed by atoms with Gasteiger partial charge in [0.05, 0.1) is 11.2 Å². The van der Waals surface area contributed by atoms with E-state index in [2.05, 4.69) is 20.5 Å². The van der Waals surface area contributed by atoms with Gasteiger partial charge >= 0.3 is 0 Å². The minimum Gasteiger partial charge on any atom is -0.398 e. The van der Waals surface area contributed by atoms with E-state index in [4.69, 9.17) is 5.73 Å². The van der Waals surface area contributed by atoms with E-state index >= 15 is 0 Å². The predicted octanol–water partition coefficient (Wildman–Crippen LogP) is 1.74. The van der Waals surface area contributed by atoms with E-state index in [1.807, 2.05) is 17.7 Å². The summed E-state index contributed by atoms with van der Waals surface area (Å²) in [5.74, 6) is 0.423. The van der Waals surface area contributed by atoms with Gasteiger partial charge in [-0.15, -0.1) is 10.2 Å². The second-order valence-corrected chi connectivity index (χ2v) is 4.76. The molecule has 3 rings (SSSR count). The largest absolute Gasteiger partial charge is 0.398 e. The maximum Gasteiger partial charge on any atom is 0.150 e. The summed E-state index contributed by atoms with van der Waals surface area (Å²) in [6, 6.07) is 4.92. The molecular formula is C14H15FN6. The van der Waals surface area contributed by atoms with Gasteiger partial charge in [-0.05, 0) is 18.2 Å². The van der Waals surface area contributed by atoms with Gasteiger partial charge in [0.2, 0.25) is 0 Å². The molecule has 108 valence electrons. The normalized spacial score (nSPS) is 11.0. The maximum atomic E-state index is 14.1. The third-order valence-electron chi connectivity index (χ3n) is 3.33. The maximum absolute atomic E-state index is 14.1. The number of nitrogens with two attached hydrogens (primary N) is 1. The molecule has 6 nitrogen and oxygen atoms in total. The number of anilines is 2. The van der Waals surface area contributed by atoms with Gasteiger partial charge < -0.3 is 15.6 Å². The number of nitrogen functional groups attached to an aromatic ring is 1. The predicted molar refractivity (Wildman–Crippen MR) is 79.3 cm³/mol. The lowest BCUT2D eigenvalue weighted by Gasteiger charge is -2.11. The Morgan fingerprint density at radius 3 is 3.05 bits per heavy atom. The van der Waals surface area contributed by atoms with Gasteiger partial charge in [-0.25, -0.2) is 4.39 Å². The molecule has 0 saturated heterocycles. The van der Waals surface area contributed by atoms with E-state index in [1.165, 1.54) is 6.07 Å². The fraction of sp³-hybridized carbons (Fsp3) is 0.214. The van der Waals surface area contributed by atoms with Gasteiger partial charge in [0, 0.05) is 37.3 Å². The minimum absolute atomic E-state index is 0.363. The van der Waals surface area contributed by atoms with Crippen molar-refractivity contribution in [3.8, 4) is 0 Å². The van der Waals surface area contributed by atoms with Crippen molar-refractivity contribution in [3.05, 3.63) is 42.4 Å². The van der Waals surface area contributed by atoms with Crippen molar-refractivity contribution >= 4 is 22.3 Å². The molecule has 0 radical (unpaired) electrons. The van der Waals surface area contributed by atoms with Crippen molar-refractivity contribution in [2.75, 3.05) is 17.6 Å². The van der Waals surface area contributed by atoms with E-state index < -0.39 is 5.82 Å². The molecule has 0 unspecified atom stereocenters. The van der Waals surface area contributed by atoms with Gasteiger partial charge in [-0.1, -0.05) is 0 Å². The first-order valence-corrected chi connectivity index (χ1v) is 6.56. The van der Waals surface area contributed by atoms with E-state index in [1.54, 1.807) is 18.6 Å². The second kappa shape index (κ2) is 5.35. The van der Waals surface area contributed by atoms with Crippen LogP contribution in [0.5, 0.6) is 0 Å². The third-order valence-corrected chi connectivity index (χ3v) is 3.33. The van der Waals surface area contributed by atoms with Crippen molar-refractivity contribution < 1.29 is 4.39 Å². The quantitative estimate of drug-likeness (QED) is 0.714. The lowest BCUT2D eigenvalue weighted by atomic mass is 10.1. The lowest BCUT2D eigenvalue weighted by molar-refractivity contribution is 0.631. The molecule has 0 aliphatic rings. The Morgan fingerprint density at radius 1 is 1.43 bits per heavy atom. The highest BCUT2D eigenvalue weighted by Gasteiger charge is 2.11. The Labute approximate surface area is 120 Å². The summed E-state index contributed by atoms with van der Waals surface area (Å²) in [6.45, 7) is 0.527. The first-order valence-electron chi connectivity index (χ1n) is 6.56. The van der Waals surface area contributed by atoms with Crippen LogP contribution < -0.4 is 11.1 Å². The van der Waals surface area contributed by atoms with Crippen LogP contribution in [0.25, 0.3) is 10.9 Å². The molecule has 2 heterocycles. The fourth-order valence-electron chi connectivity index (χ4n) is 2.24. The van der Waals surface area contributed by atoms with E-state index in [0.717, 1.165) is 11.2 Å². The van der Waals surface area contributed by atoms with Crippen molar-refractivity contribution in [1.82, 2.24) is 19.7 Å². The molecule has 0 aliphatic carbocycles. The van der Waals surface area contributed by atoms with Crippen molar-refractivity contribution in [2.45, 2.75) is 6.42 Å². The van der Waals surface area contributed by atoms with Crippen molar-refractivity contribution in [2.24, 2.45) is 7.05 Å². The molecule has 0 amide bonds. The average Bonchev–Trinajstić information content (AvgIpc) is 2.88. The summed E-state index contributed by atoms with van der Waals surface area (Å²) in [6.07, 6.45) is 3.89. The highest BCUT2D eigenvalue weighted by molar-refractivity contribution is 5.98. The molecule has 7 heteroatoms. The SMILES string of the molecule is Cn1cnnc1CCNc1c(F)cc(N)c2cccnc12. The van der Waals surface area contributed by atoms with Crippen LogP contribution in [0.3, 0.4) is 0 Å². The molecule has 21 heavy (non-hydrogen) atoms. The number of pyridine rings is 1. The van der Waals surface area contributed by atoms with Crippen LogP contribution in [0.4, 0.5) is 15.8 Å². The highest BCUT2D eigenvalue weighted by Crippen LogP contribution is 2.29. The van der Waals surface area contributed by atoms with E-state index in [-0.39, 0.29) is 0 Å². The van der Waals surface area contributed by atoms with Crippen LogP contribution in [-0.2, 0) is 13.5 Å². The Morgan fingerprint density at radius 2 is 2.29 bits per heavy atom. The zero-order valence-electron chi connectivity index (χ0n) is 11.5. The van der Waals surface area contributed by atoms with Crippen LogP contribution in [0.2, 0.25) is 0 Å². The zero-order valence-corrected chi connectivity index (χ0v) is 11.5. The Kier molecular flexibility index (Phi) is 3.39. The van der Waals surface area contributed by atoms with Crippen LogP contribution in [0, 0.1) is 5.82 Å². The number of nitrogens with one attached hydrogen (secondary N) is 1. The summed E-state index contributed by atoms with van der Waals surface area (Å²) >= 11 is 0. The van der Waals surface area contributed by atoms with Crippen molar-refractivity contribution in [3.63, 3.8) is 0 Å². The third kappa shape index (κ3) is 2.49. The molecule has 3 N–H and O–H groups in total. The molecule has 0 bridgehead atoms. The molecule has 1 aromatic carbocycles. The van der Waals surface area contributed by atoms with Crippen LogP contribution in [0.1, 0.15) is 5.82 Å². The first kappa shape index (κ1) is 13.3. The molecule has 0 aliphatic heterocycles. The standard InChI is InChI=1S/C14H15FN6/c1-21-8-19-20-12(21)4-6-18-14-10(15)7-11(16)9-3-2-5-17-13(9)14/h2-3,5,7-8,18H,4,6,16H2,1H3. The van der Waals surface area contributed by atoms with Crippen LogP contribution in [0.15, 0.2) is 30.7 Å². The number of aromatic nitrogens is 4. The van der Waals surface area contributed by atoms with Gasteiger partial charge in [0.15, 0.2) is 5.82 Å². The smallest absolute Gasteiger partial charge is 0.150 e. The van der Waals surface area contributed by atoms with Crippen LogP contribution in [-0.4, -0.2) is 26.3 Å². The Balaban J connectivity index is 1.85. The molecular weight excluding hydrogens is 271 g/mol. The monoisotopic (exact) mass is 286 g/mol. The number of nitrogens with zero attached hydrogens (tertiary/aromatic N) is 4. The highest BCUT2D eigenvalue weighted by atomic mass is 19.1. The zero-order chi connectivity index (χ0) is 14.8. The lowest BCUT2D eigenvalue weighted by Crippen LogP contribution is -2.10. The number of aryl methyl sites for hydroxylation is 1.